The van der Waals surface area contributed by atoms with Crippen molar-refractivity contribution in [3.63, 3.8) is 0 Å². The van der Waals surface area contributed by atoms with Gasteiger partial charge in [0, 0.05) is 25.2 Å². The molecule has 0 radical (unpaired) electrons. The highest BCUT2D eigenvalue weighted by molar-refractivity contribution is 7.20. The molecule has 1 aliphatic rings. The van der Waals surface area contributed by atoms with Gasteiger partial charge in [0.15, 0.2) is 0 Å². The number of ether oxygens (including phenoxy) is 2. The number of fused-ring (bicyclic) bond motifs is 1. The molecule has 4 aromatic rings. The Morgan fingerprint density at radius 3 is 2.74 bits per heavy atom. The van der Waals surface area contributed by atoms with Crippen molar-refractivity contribution in [2.24, 2.45) is 5.92 Å². The smallest absolute Gasteiger partial charge is 0.225 e. The molecule has 1 aliphatic heterocycles. The molecule has 1 amide bonds. The number of nitrogens with one attached hydrogen (secondary N) is 1. The predicted octanol–water partition coefficient (Wildman–Crippen LogP) is 4.01. The summed E-state index contributed by atoms with van der Waals surface area (Å²) in [4.78, 5) is 20.6. The number of nitrogens with zero attached hydrogens (tertiary/aromatic N) is 4. The molecule has 1 N–H and O–H groups in total. The lowest BCUT2D eigenvalue weighted by Crippen LogP contribution is -2.43. The standard InChI is InChI=1S/C25H27N5O3S/c1-32-20-10-8-18(9-11-20)22-16-30-24(27-22)34-25(28-30)29-12-4-6-19(15-29)23(31)26-14-17-5-3-7-21(13-17)33-2/h3,5,7-11,13,16,19H,4,6,12,14-15H2,1-2H3,(H,26,31)/t19-/m0/s1. The Bertz CT molecular complexity index is 1250. The second kappa shape index (κ2) is 9.72. The van der Waals surface area contributed by atoms with E-state index in [0.717, 1.165) is 57.8 Å². The number of benzene rings is 2. The van der Waals surface area contributed by atoms with E-state index < -0.39 is 0 Å². The van der Waals surface area contributed by atoms with Crippen LogP contribution in [0.25, 0.3) is 16.2 Å². The summed E-state index contributed by atoms with van der Waals surface area (Å²) in [6.07, 6.45) is 3.78. The minimum absolute atomic E-state index is 0.0644. The monoisotopic (exact) mass is 477 g/mol. The van der Waals surface area contributed by atoms with Gasteiger partial charge < -0.3 is 19.7 Å². The van der Waals surface area contributed by atoms with Crippen LogP contribution >= 0.6 is 11.3 Å². The highest BCUT2D eigenvalue weighted by Crippen LogP contribution is 2.30. The summed E-state index contributed by atoms with van der Waals surface area (Å²) >= 11 is 1.55. The average molecular weight is 478 g/mol. The largest absolute Gasteiger partial charge is 0.497 e. The van der Waals surface area contributed by atoms with E-state index in [0.29, 0.717) is 13.1 Å². The summed E-state index contributed by atoms with van der Waals surface area (Å²) in [7, 11) is 3.30. The summed E-state index contributed by atoms with van der Waals surface area (Å²) in [5, 5.41) is 8.73. The van der Waals surface area contributed by atoms with Crippen LogP contribution in [0.1, 0.15) is 18.4 Å². The molecule has 0 saturated carbocycles. The van der Waals surface area contributed by atoms with E-state index in [1.807, 2.05) is 59.2 Å². The average Bonchev–Trinajstić information content (AvgIpc) is 3.47. The van der Waals surface area contributed by atoms with Gasteiger partial charge in [-0.15, -0.1) is 5.10 Å². The minimum atomic E-state index is -0.0644. The number of methoxy groups -OCH3 is 2. The molecule has 1 saturated heterocycles. The fourth-order valence-corrected chi connectivity index (χ4v) is 5.12. The van der Waals surface area contributed by atoms with Crippen LogP contribution in [0.5, 0.6) is 11.5 Å². The quantitative estimate of drug-likeness (QED) is 0.433. The number of hydrogen-bond acceptors (Lipinski definition) is 7. The number of amides is 1. The van der Waals surface area contributed by atoms with Gasteiger partial charge in [-0.3, -0.25) is 4.79 Å². The zero-order valence-electron chi connectivity index (χ0n) is 19.2. The first-order chi connectivity index (χ1) is 16.6. The van der Waals surface area contributed by atoms with Crippen LogP contribution in [-0.4, -0.2) is 47.8 Å². The van der Waals surface area contributed by atoms with Crippen LogP contribution in [0, 0.1) is 5.92 Å². The lowest BCUT2D eigenvalue weighted by molar-refractivity contribution is -0.125. The van der Waals surface area contributed by atoms with Gasteiger partial charge in [0.05, 0.1) is 32.0 Å². The number of carbonyl (C=O) groups is 1. The van der Waals surface area contributed by atoms with E-state index in [1.165, 1.54) is 0 Å². The second-order valence-electron chi connectivity index (χ2n) is 8.32. The van der Waals surface area contributed by atoms with E-state index >= 15 is 0 Å². The molecule has 2 aromatic carbocycles. The normalized spacial score (nSPS) is 15.9. The summed E-state index contributed by atoms with van der Waals surface area (Å²) < 4.78 is 12.3. The van der Waals surface area contributed by atoms with Gasteiger partial charge in [-0.05, 0) is 54.8 Å². The number of piperidine rings is 1. The molecule has 2 aromatic heterocycles. The summed E-state index contributed by atoms with van der Waals surface area (Å²) in [5.74, 6) is 1.62. The Morgan fingerprint density at radius 1 is 1.15 bits per heavy atom. The first-order valence-corrected chi connectivity index (χ1v) is 12.1. The third-order valence-corrected chi connectivity index (χ3v) is 7.07. The number of rotatable bonds is 7. The Labute approximate surface area is 202 Å². The van der Waals surface area contributed by atoms with Crippen molar-refractivity contribution >= 4 is 27.3 Å². The fourth-order valence-electron chi connectivity index (χ4n) is 4.20. The lowest BCUT2D eigenvalue weighted by Gasteiger charge is -2.31. The Balaban J connectivity index is 1.23. The molecule has 34 heavy (non-hydrogen) atoms. The number of carbonyl (C=O) groups excluding carboxylic acids is 1. The van der Waals surface area contributed by atoms with Gasteiger partial charge in [-0.25, -0.2) is 9.50 Å². The number of anilines is 1. The maximum atomic E-state index is 12.9. The Morgan fingerprint density at radius 2 is 1.97 bits per heavy atom. The van der Waals surface area contributed by atoms with Gasteiger partial charge in [0.1, 0.15) is 11.5 Å². The first kappa shape index (κ1) is 22.2. The summed E-state index contributed by atoms with van der Waals surface area (Å²) in [6.45, 7) is 2.04. The molecule has 8 nitrogen and oxygen atoms in total. The molecule has 5 rings (SSSR count). The molecule has 0 bridgehead atoms. The molecule has 1 atom stereocenters. The van der Waals surface area contributed by atoms with Crippen molar-refractivity contribution < 1.29 is 14.3 Å². The molecule has 1 fully saturated rings. The van der Waals surface area contributed by atoms with Gasteiger partial charge in [0.2, 0.25) is 16.0 Å². The predicted molar refractivity (Wildman–Crippen MR) is 133 cm³/mol. The SMILES string of the molecule is COc1ccc(-c2cn3nc(N4CCC[C@H](C(=O)NCc5cccc(OC)c5)C4)sc3n2)cc1. The number of hydrogen-bond donors (Lipinski definition) is 1. The highest BCUT2D eigenvalue weighted by Gasteiger charge is 2.28. The van der Waals surface area contributed by atoms with Crippen molar-refractivity contribution in [2.45, 2.75) is 19.4 Å². The first-order valence-electron chi connectivity index (χ1n) is 11.3. The van der Waals surface area contributed by atoms with Crippen molar-refractivity contribution in [3.8, 4) is 22.8 Å². The van der Waals surface area contributed by atoms with E-state index in [4.69, 9.17) is 19.6 Å². The van der Waals surface area contributed by atoms with Crippen LogP contribution in [0.3, 0.4) is 0 Å². The van der Waals surface area contributed by atoms with Crippen molar-refractivity contribution in [3.05, 3.63) is 60.3 Å². The third kappa shape index (κ3) is 4.70. The van der Waals surface area contributed by atoms with Gasteiger partial charge in [-0.2, -0.15) is 0 Å². The van der Waals surface area contributed by atoms with Crippen LogP contribution in [-0.2, 0) is 11.3 Å². The van der Waals surface area contributed by atoms with E-state index in [9.17, 15) is 4.79 Å². The number of imidazole rings is 1. The van der Waals surface area contributed by atoms with Gasteiger partial charge in [0.25, 0.3) is 0 Å². The van der Waals surface area contributed by atoms with Crippen molar-refractivity contribution in [2.75, 3.05) is 32.2 Å². The second-order valence-corrected chi connectivity index (χ2v) is 9.26. The third-order valence-electron chi connectivity index (χ3n) is 6.08. The number of aromatic nitrogens is 3. The lowest BCUT2D eigenvalue weighted by atomic mass is 9.97. The van der Waals surface area contributed by atoms with Crippen molar-refractivity contribution in [1.82, 2.24) is 19.9 Å². The van der Waals surface area contributed by atoms with Gasteiger partial charge in [-0.1, -0.05) is 23.5 Å². The van der Waals surface area contributed by atoms with Crippen LogP contribution in [0.15, 0.2) is 54.7 Å². The minimum Gasteiger partial charge on any atom is -0.497 e. The topological polar surface area (TPSA) is 81.0 Å². The van der Waals surface area contributed by atoms with Crippen LogP contribution in [0.4, 0.5) is 5.13 Å². The zero-order chi connectivity index (χ0) is 23.5. The Kier molecular flexibility index (Phi) is 6.35. The highest BCUT2D eigenvalue weighted by atomic mass is 32.1. The van der Waals surface area contributed by atoms with Crippen molar-refractivity contribution in [1.29, 1.82) is 0 Å². The maximum absolute atomic E-state index is 12.9. The van der Waals surface area contributed by atoms with E-state index in [-0.39, 0.29) is 11.8 Å². The van der Waals surface area contributed by atoms with Crippen LogP contribution < -0.4 is 19.7 Å². The fraction of sp³-hybridized carbons (Fsp3) is 0.320. The maximum Gasteiger partial charge on any atom is 0.225 e. The van der Waals surface area contributed by atoms with E-state index in [1.54, 1.807) is 25.6 Å². The molecular weight excluding hydrogens is 450 g/mol. The summed E-state index contributed by atoms with van der Waals surface area (Å²) in [6, 6.07) is 15.6. The Hall–Kier alpha value is -3.59. The van der Waals surface area contributed by atoms with Gasteiger partial charge >= 0.3 is 0 Å². The molecule has 3 heterocycles. The molecule has 0 spiro atoms. The van der Waals surface area contributed by atoms with Crippen LogP contribution in [0.2, 0.25) is 0 Å². The molecule has 9 heteroatoms. The van der Waals surface area contributed by atoms with E-state index in [2.05, 4.69) is 10.2 Å². The molecule has 176 valence electrons. The summed E-state index contributed by atoms with van der Waals surface area (Å²) in [5.41, 5.74) is 2.92. The molecule has 0 aliphatic carbocycles. The zero-order valence-corrected chi connectivity index (χ0v) is 20.0. The molecular formula is C25H27N5O3S. The molecule has 0 unspecified atom stereocenters.